The third kappa shape index (κ3) is 3.49. The molecular weight excluding hydrogens is 294 g/mol. The Hall–Kier alpha value is -2.04. The second kappa shape index (κ2) is 7.02. The highest BCUT2D eigenvalue weighted by molar-refractivity contribution is 6.03. The largest absolute Gasteiger partial charge is 0.478 e. The van der Waals surface area contributed by atoms with E-state index < -0.39 is 12.1 Å². The molecule has 0 saturated heterocycles. The summed E-state index contributed by atoms with van der Waals surface area (Å²) in [7, 11) is 0. The number of anilines is 1. The van der Waals surface area contributed by atoms with Gasteiger partial charge in [-0.1, -0.05) is 39.8 Å². The molecule has 0 fully saturated rings. The lowest BCUT2D eigenvalue weighted by Gasteiger charge is -2.36. The highest BCUT2D eigenvalue weighted by atomic mass is 16.5. The van der Waals surface area contributed by atoms with Crippen LogP contribution >= 0.6 is 0 Å². The average Bonchev–Trinajstić information content (AvgIpc) is 2.49. The van der Waals surface area contributed by atoms with Crippen molar-refractivity contribution in [2.24, 2.45) is 5.92 Å². The SMILES string of the molecule is CCOC(=O)CN1C(=O)[C@@H](C(C)C)Oc2c(C(C)C)cccc21. The first-order chi connectivity index (χ1) is 10.9. The number of nitrogens with zero attached hydrogens (tertiary/aromatic N) is 1. The fraction of sp³-hybridized carbons (Fsp3) is 0.556. The third-order valence-corrected chi connectivity index (χ3v) is 3.89. The van der Waals surface area contributed by atoms with Crippen LogP contribution in [-0.2, 0) is 14.3 Å². The van der Waals surface area contributed by atoms with E-state index >= 15 is 0 Å². The molecule has 23 heavy (non-hydrogen) atoms. The second-order valence-corrected chi connectivity index (χ2v) is 6.36. The minimum Gasteiger partial charge on any atom is -0.478 e. The van der Waals surface area contributed by atoms with Gasteiger partial charge in [-0.25, -0.2) is 0 Å². The summed E-state index contributed by atoms with van der Waals surface area (Å²) >= 11 is 0. The van der Waals surface area contributed by atoms with Crippen molar-refractivity contribution < 1.29 is 19.1 Å². The van der Waals surface area contributed by atoms with Crippen molar-refractivity contribution in [3.8, 4) is 5.75 Å². The molecule has 0 aliphatic carbocycles. The van der Waals surface area contributed by atoms with Crippen molar-refractivity contribution in [3.63, 3.8) is 0 Å². The minimum absolute atomic E-state index is 0.0144. The molecule has 1 amide bonds. The minimum atomic E-state index is -0.586. The molecule has 2 rings (SSSR count). The molecule has 0 unspecified atom stereocenters. The summed E-state index contributed by atoms with van der Waals surface area (Å²) in [5.74, 6) is 0.369. The van der Waals surface area contributed by atoms with Crippen molar-refractivity contribution in [2.75, 3.05) is 18.1 Å². The fourth-order valence-electron chi connectivity index (χ4n) is 2.71. The maximum absolute atomic E-state index is 12.7. The Bertz CT molecular complexity index is 595. The number of rotatable bonds is 5. The Labute approximate surface area is 137 Å². The van der Waals surface area contributed by atoms with Gasteiger partial charge in [-0.15, -0.1) is 0 Å². The van der Waals surface area contributed by atoms with E-state index in [1.165, 1.54) is 4.90 Å². The molecule has 1 aromatic rings. The predicted molar refractivity (Wildman–Crippen MR) is 88.8 cm³/mol. The number of para-hydroxylation sites is 1. The van der Waals surface area contributed by atoms with Crippen molar-refractivity contribution in [3.05, 3.63) is 23.8 Å². The highest BCUT2D eigenvalue weighted by Crippen LogP contribution is 2.41. The zero-order valence-corrected chi connectivity index (χ0v) is 14.5. The van der Waals surface area contributed by atoms with E-state index in [0.29, 0.717) is 18.0 Å². The van der Waals surface area contributed by atoms with Gasteiger partial charge in [0, 0.05) is 0 Å². The maximum atomic E-state index is 12.7. The Morgan fingerprint density at radius 2 is 2.00 bits per heavy atom. The molecule has 5 nitrogen and oxygen atoms in total. The number of carbonyl (C=O) groups is 2. The summed E-state index contributed by atoms with van der Waals surface area (Å²) < 4.78 is 11.0. The molecule has 1 aromatic carbocycles. The molecule has 0 spiro atoms. The molecule has 1 atom stereocenters. The van der Waals surface area contributed by atoms with Gasteiger partial charge >= 0.3 is 5.97 Å². The number of amides is 1. The molecule has 1 aliphatic rings. The zero-order valence-electron chi connectivity index (χ0n) is 14.5. The van der Waals surface area contributed by atoms with Gasteiger partial charge in [0.05, 0.1) is 12.3 Å². The number of esters is 1. The van der Waals surface area contributed by atoms with Crippen LogP contribution in [0.5, 0.6) is 5.75 Å². The van der Waals surface area contributed by atoms with Crippen LogP contribution in [0.1, 0.15) is 46.1 Å². The monoisotopic (exact) mass is 319 g/mol. The van der Waals surface area contributed by atoms with Crippen LogP contribution in [-0.4, -0.2) is 31.1 Å². The highest BCUT2D eigenvalue weighted by Gasteiger charge is 2.38. The van der Waals surface area contributed by atoms with Crippen molar-refractivity contribution in [2.45, 2.75) is 46.6 Å². The smallest absolute Gasteiger partial charge is 0.326 e. The standard InChI is InChI=1S/C18H25NO4/c1-6-22-15(20)10-19-14-9-7-8-13(11(2)3)17(14)23-16(12(4)5)18(19)21/h7-9,11-12,16H,6,10H2,1-5H3/t16-/m1/s1. The van der Waals surface area contributed by atoms with Gasteiger partial charge in [-0.2, -0.15) is 0 Å². The molecule has 0 bridgehead atoms. The van der Waals surface area contributed by atoms with Gasteiger partial charge in [-0.3, -0.25) is 14.5 Å². The van der Waals surface area contributed by atoms with Crippen LogP contribution in [0.2, 0.25) is 0 Å². The first kappa shape index (κ1) is 17.3. The van der Waals surface area contributed by atoms with Gasteiger partial charge in [0.15, 0.2) is 6.10 Å². The summed E-state index contributed by atoms with van der Waals surface area (Å²) in [4.78, 5) is 26.1. The van der Waals surface area contributed by atoms with Crippen LogP contribution in [0, 0.1) is 5.92 Å². The summed E-state index contributed by atoms with van der Waals surface area (Å²) in [6, 6.07) is 5.70. The Balaban J connectivity index is 2.47. The van der Waals surface area contributed by atoms with Gasteiger partial charge in [0.1, 0.15) is 12.3 Å². The second-order valence-electron chi connectivity index (χ2n) is 6.36. The summed E-state index contributed by atoms with van der Waals surface area (Å²) in [5, 5.41) is 0. The Morgan fingerprint density at radius 3 is 2.57 bits per heavy atom. The van der Waals surface area contributed by atoms with Crippen LogP contribution in [0.3, 0.4) is 0 Å². The summed E-state index contributed by atoms with van der Waals surface area (Å²) in [6.45, 7) is 9.99. The molecule has 0 radical (unpaired) electrons. The van der Waals surface area contributed by atoms with Gasteiger partial charge < -0.3 is 9.47 Å². The molecule has 1 aliphatic heterocycles. The van der Waals surface area contributed by atoms with Crippen LogP contribution in [0.4, 0.5) is 5.69 Å². The molecule has 1 heterocycles. The number of hydrogen-bond acceptors (Lipinski definition) is 4. The first-order valence-corrected chi connectivity index (χ1v) is 8.13. The number of carbonyl (C=O) groups excluding carboxylic acids is 2. The van der Waals surface area contributed by atoms with E-state index in [1.54, 1.807) is 6.92 Å². The number of fused-ring (bicyclic) bond motifs is 1. The lowest BCUT2D eigenvalue weighted by molar-refractivity contribution is -0.143. The first-order valence-electron chi connectivity index (χ1n) is 8.13. The quantitative estimate of drug-likeness (QED) is 0.783. The molecule has 0 N–H and O–H groups in total. The topological polar surface area (TPSA) is 55.8 Å². The van der Waals surface area contributed by atoms with E-state index in [0.717, 1.165) is 5.56 Å². The summed E-state index contributed by atoms with van der Waals surface area (Å²) in [5.41, 5.74) is 1.68. The fourth-order valence-corrected chi connectivity index (χ4v) is 2.71. The van der Waals surface area contributed by atoms with Crippen LogP contribution in [0.25, 0.3) is 0 Å². The molecule has 0 saturated carbocycles. The third-order valence-electron chi connectivity index (χ3n) is 3.89. The maximum Gasteiger partial charge on any atom is 0.326 e. The normalized spacial score (nSPS) is 17.3. The van der Waals surface area contributed by atoms with E-state index in [4.69, 9.17) is 9.47 Å². The van der Waals surface area contributed by atoms with Crippen LogP contribution < -0.4 is 9.64 Å². The van der Waals surface area contributed by atoms with Gasteiger partial charge in [-0.05, 0) is 30.4 Å². The van der Waals surface area contributed by atoms with Crippen molar-refractivity contribution in [1.82, 2.24) is 0 Å². The zero-order chi connectivity index (χ0) is 17.1. The van der Waals surface area contributed by atoms with E-state index in [2.05, 4.69) is 13.8 Å². The molecule has 5 heteroatoms. The number of ether oxygens (including phenoxy) is 2. The average molecular weight is 319 g/mol. The van der Waals surface area contributed by atoms with Crippen LogP contribution in [0.15, 0.2) is 18.2 Å². The molecule has 0 aromatic heterocycles. The molecular formula is C18H25NO4. The van der Waals surface area contributed by atoms with E-state index in [9.17, 15) is 9.59 Å². The van der Waals surface area contributed by atoms with Crippen molar-refractivity contribution >= 4 is 17.6 Å². The number of benzene rings is 1. The predicted octanol–water partition coefficient (Wildman–Crippen LogP) is 3.12. The molecule has 126 valence electrons. The van der Waals surface area contributed by atoms with E-state index in [1.807, 2.05) is 32.0 Å². The van der Waals surface area contributed by atoms with E-state index in [-0.39, 0.29) is 24.3 Å². The Kier molecular flexibility index (Phi) is 5.29. The summed E-state index contributed by atoms with van der Waals surface area (Å²) in [6.07, 6.45) is -0.586. The van der Waals surface area contributed by atoms with Gasteiger partial charge in [0.2, 0.25) is 0 Å². The van der Waals surface area contributed by atoms with Gasteiger partial charge in [0.25, 0.3) is 5.91 Å². The van der Waals surface area contributed by atoms with Crippen molar-refractivity contribution in [1.29, 1.82) is 0 Å². The Morgan fingerprint density at radius 1 is 1.30 bits per heavy atom. The number of hydrogen-bond donors (Lipinski definition) is 0. The lowest BCUT2D eigenvalue weighted by atomic mass is 9.97. The lowest BCUT2D eigenvalue weighted by Crippen LogP contribution is -2.50.